The molecular weight excluding hydrogens is 836 g/mol. The molecule has 0 aliphatic carbocycles. The first-order chi connectivity index (χ1) is 28.9. The molecular formula is C37H52N4O21. The number of hydrogen-bond acceptors (Lipinski definition) is 23. The molecule has 0 spiro atoms. The maximum Gasteiger partial charge on any atom is 0.408 e. The standard InChI is InChI=1S/C37H52N4O21/c1-16(42)52-14-25-28(61-35-32(58-22(7)48)30(56-20(5)46)27(54-18(3)44)26(60-35)15-53-17(2)43)29(55-19(4)45)31(57-21(6)47)33(59-25)41-13-23(39-40-41)12-24(34(49)51-11)38-36(50)62-37(8,9)10/h13,24-33,35H,12,14-15H2,1-11H3,(H,38,50)/t24-,25-,26-,27-,28-,29+,30+,31-,32-,33-,35+/m1/s1. The topological polar surface area (TPSA) is 307 Å². The van der Waals surface area contributed by atoms with Gasteiger partial charge in [-0.1, -0.05) is 5.21 Å². The van der Waals surface area contributed by atoms with E-state index in [1.54, 1.807) is 20.8 Å². The molecule has 2 aliphatic heterocycles. The highest BCUT2D eigenvalue weighted by Gasteiger charge is 2.58. The second-order valence-electron chi connectivity index (χ2n) is 14.8. The van der Waals surface area contributed by atoms with Gasteiger partial charge < -0.3 is 62.2 Å². The van der Waals surface area contributed by atoms with Crippen molar-refractivity contribution < 1.29 is 100.0 Å². The Morgan fingerprint density at radius 1 is 0.661 bits per heavy atom. The molecule has 2 aliphatic rings. The summed E-state index contributed by atoms with van der Waals surface area (Å²) in [6.07, 6.45) is -16.6. The van der Waals surface area contributed by atoms with E-state index in [9.17, 15) is 43.2 Å². The summed E-state index contributed by atoms with van der Waals surface area (Å²) in [6, 6.07) is -1.33. The number of aromatic nitrogens is 3. The smallest absolute Gasteiger partial charge is 0.408 e. The van der Waals surface area contributed by atoms with Crippen molar-refractivity contribution in [1.82, 2.24) is 20.3 Å². The normalized spacial score (nSPS) is 26.3. The van der Waals surface area contributed by atoms with Crippen molar-refractivity contribution >= 4 is 53.8 Å². The van der Waals surface area contributed by atoms with Crippen LogP contribution in [0.3, 0.4) is 0 Å². The number of esters is 8. The molecule has 1 aromatic heterocycles. The van der Waals surface area contributed by atoms with Gasteiger partial charge in [0.25, 0.3) is 0 Å². The van der Waals surface area contributed by atoms with Gasteiger partial charge in [-0.05, 0) is 20.8 Å². The van der Waals surface area contributed by atoms with E-state index in [-0.39, 0.29) is 12.1 Å². The van der Waals surface area contributed by atoms with Gasteiger partial charge in [-0.25, -0.2) is 14.3 Å². The molecule has 0 saturated carbocycles. The number of methoxy groups -OCH3 is 1. The van der Waals surface area contributed by atoms with Crippen LogP contribution in [0.4, 0.5) is 4.79 Å². The molecule has 25 heteroatoms. The quantitative estimate of drug-likeness (QED) is 0.164. The van der Waals surface area contributed by atoms with Crippen molar-refractivity contribution in [2.45, 2.75) is 149 Å². The van der Waals surface area contributed by atoms with E-state index in [4.69, 9.17) is 56.8 Å². The average Bonchev–Trinajstić information content (AvgIpc) is 3.59. The lowest BCUT2D eigenvalue weighted by molar-refractivity contribution is -0.349. The molecule has 3 rings (SSSR count). The number of alkyl carbamates (subject to hydrolysis) is 1. The van der Waals surface area contributed by atoms with Crippen LogP contribution in [-0.2, 0) is 102 Å². The minimum absolute atomic E-state index is 0.0538. The molecule has 0 unspecified atom stereocenters. The Balaban J connectivity index is 2.17. The Morgan fingerprint density at radius 3 is 1.61 bits per heavy atom. The summed E-state index contributed by atoms with van der Waals surface area (Å²) < 4.78 is 68.1. The largest absolute Gasteiger partial charge is 0.467 e. The number of amides is 1. The van der Waals surface area contributed by atoms with E-state index in [0.717, 1.165) is 60.3 Å². The monoisotopic (exact) mass is 888 g/mol. The average molecular weight is 889 g/mol. The molecule has 25 nitrogen and oxygen atoms in total. The highest BCUT2D eigenvalue weighted by Crippen LogP contribution is 2.38. The van der Waals surface area contributed by atoms with E-state index in [2.05, 4.69) is 15.6 Å². The number of rotatable bonds is 16. The zero-order chi connectivity index (χ0) is 46.6. The molecule has 2 saturated heterocycles. The van der Waals surface area contributed by atoms with Crippen LogP contribution in [-0.4, -0.2) is 156 Å². The molecule has 11 atom stereocenters. The minimum Gasteiger partial charge on any atom is -0.467 e. The lowest BCUT2D eigenvalue weighted by Crippen LogP contribution is -2.66. The van der Waals surface area contributed by atoms with Gasteiger partial charge in [0.1, 0.15) is 43.2 Å². The van der Waals surface area contributed by atoms with Crippen LogP contribution in [0.15, 0.2) is 6.20 Å². The fraction of sp³-hybridized carbons (Fsp3) is 0.703. The first-order valence-corrected chi connectivity index (χ1v) is 19.0. The zero-order valence-electron chi connectivity index (χ0n) is 36.0. The molecule has 1 aromatic rings. The van der Waals surface area contributed by atoms with Crippen molar-refractivity contribution in [2.24, 2.45) is 0 Å². The van der Waals surface area contributed by atoms with Crippen LogP contribution < -0.4 is 5.32 Å². The van der Waals surface area contributed by atoms with E-state index in [1.807, 2.05) is 0 Å². The summed E-state index contributed by atoms with van der Waals surface area (Å²) >= 11 is 0. The maximum absolute atomic E-state index is 12.8. The van der Waals surface area contributed by atoms with Gasteiger partial charge in [0, 0.05) is 54.9 Å². The predicted molar refractivity (Wildman–Crippen MR) is 197 cm³/mol. The van der Waals surface area contributed by atoms with Gasteiger partial charge in [0.05, 0.1) is 19.0 Å². The van der Waals surface area contributed by atoms with E-state index in [0.29, 0.717) is 0 Å². The van der Waals surface area contributed by atoms with Crippen LogP contribution in [0.1, 0.15) is 81.2 Å². The Bertz CT molecular complexity index is 1810. The van der Waals surface area contributed by atoms with Gasteiger partial charge in [0.15, 0.2) is 43.0 Å². The molecule has 62 heavy (non-hydrogen) atoms. The summed E-state index contributed by atoms with van der Waals surface area (Å²) in [5.74, 6) is -7.15. The number of carbonyl (C=O) groups is 9. The SMILES string of the molecule is COC(=O)[C@@H](Cc1cn([C@@H]2O[C@H](COC(C)=O)[C@@H](O[C@@H]3O[C@H](COC(C)=O)[C@@H](OC(C)=O)[C@H](OC(C)=O)[C@H]3OC(C)=O)[C@H](OC(C)=O)[C@H]2OC(C)=O)nn1)NC(=O)OC(C)(C)C. The van der Waals surface area contributed by atoms with E-state index < -0.39 is 140 Å². The van der Waals surface area contributed by atoms with Crippen molar-refractivity contribution in [3.8, 4) is 0 Å². The van der Waals surface area contributed by atoms with Gasteiger partial charge in [-0.15, -0.1) is 5.10 Å². The number of ether oxygens (including phenoxy) is 12. The summed E-state index contributed by atoms with van der Waals surface area (Å²) in [6.45, 7) is 10.8. The van der Waals surface area contributed by atoms with Crippen LogP contribution in [0, 0.1) is 0 Å². The molecule has 0 aromatic carbocycles. The van der Waals surface area contributed by atoms with Gasteiger partial charge in [0.2, 0.25) is 0 Å². The number of nitrogens with one attached hydrogen (secondary N) is 1. The molecule has 346 valence electrons. The van der Waals surface area contributed by atoms with Crippen molar-refractivity contribution in [3.63, 3.8) is 0 Å². The molecule has 3 heterocycles. The third kappa shape index (κ3) is 15.2. The minimum atomic E-state index is -1.89. The highest BCUT2D eigenvalue weighted by atomic mass is 16.8. The van der Waals surface area contributed by atoms with Crippen molar-refractivity contribution in [1.29, 1.82) is 0 Å². The van der Waals surface area contributed by atoms with E-state index >= 15 is 0 Å². The molecule has 2 fully saturated rings. The second-order valence-corrected chi connectivity index (χ2v) is 14.8. The number of carbonyl (C=O) groups excluding carboxylic acids is 9. The first-order valence-electron chi connectivity index (χ1n) is 19.0. The number of nitrogens with zero attached hydrogens (tertiary/aromatic N) is 3. The van der Waals surface area contributed by atoms with E-state index in [1.165, 1.54) is 6.20 Å². The third-order valence-corrected chi connectivity index (χ3v) is 8.31. The first kappa shape index (κ1) is 50.4. The highest BCUT2D eigenvalue weighted by molar-refractivity contribution is 5.81. The van der Waals surface area contributed by atoms with Gasteiger partial charge in [-0.3, -0.25) is 33.6 Å². The maximum atomic E-state index is 12.8. The molecule has 0 bridgehead atoms. The van der Waals surface area contributed by atoms with Gasteiger partial charge >= 0.3 is 53.8 Å². The Hall–Kier alpha value is -5.95. The lowest BCUT2D eigenvalue weighted by atomic mass is 9.95. The predicted octanol–water partition coefficient (Wildman–Crippen LogP) is -0.321. The Kier molecular flexibility index (Phi) is 18.1. The Morgan fingerprint density at radius 2 is 1.13 bits per heavy atom. The summed E-state index contributed by atoms with van der Waals surface area (Å²) in [7, 11) is 1.10. The Labute approximate surface area is 354 Å². The number of hydrogen-bond donors (Lipinski definition) is 1. The fourth-order valence-electron chi connectivity index (χ4n) is 6.23. The van der Waals surface area contributed by atoms with Gasteiger partial charge in [-0.2, -0.15) is 0 Å². The molecule has 1 N–H and O–H groups in total. The van der Waals surface area contributed by atoms with Crippen LogP contribution >= 0.6 is 0 Å². The third-order valence-electron chi connectivity index (χ3n) is 8.31. The zero-order valence-corrected chi connectivity index (χ0v) is 36.0. The lowest BCUT2D eigenvalue weighted by Gasteiger charge is -2.48. The van der Waals surface area contributed by atoms with Crippen LogP contribution in [0.5, 0.6) is 0 Å². The van der Waals surface area contributed by atoms with Crippen LogP contribution in [0.2, 0.25) is 0 Å². The summed E-state index contributed by atoms with van der Waals surface area (Å²) in [5.41, 5.74) is -0.856. The van der Waals surface area contributed by atoms with Crippen molar-refractivity contribution in [2.75, 3.05) is 20.3 Å². The van der Waals surface area contributed by atoms with Crippen molar-refractivity contribution in [3.05, 3.63) is 11.9 Å². The fourth-order valence-corrected chi connectivity index (χ4v) is 6.23. The second kappa shape index (κ2) is 22.2. The summed E-state index contributed by atoms with van der Waals surface area (Å²) in [4.78, 5) is 112. The summed E-state index contributed by atoms with van der Waals surface area (Å²) in [5, 5.41) is 10.5. The van der Waals surface area contributed by atoms with Crippen LogP contribution in [0.25, 0.3) is 0 Å². The molecule has 1 amide bonds. The molecule has 0 radical (unpaired) electrons.